The van der Waals surface area contributed by atoms with Gasteiger partial charge in [0.05, 0.1) is 29.2 Å². The Morgan fingerprint density at radius 2 is 0.868 bits per heavy atom. The van der Waals surface area contributed by atoms with E-state index in [9.17, 15) is 22.6 Å². The van der Waals surface area contributed by atoms with E-state index in [1.54, 1.807) is 0 Å². The third-order valence-corrected chi connectivity index (χ3v) is 10.4. The molecule has 0 aliphatic rings. The van der Waals surface area contributed by atoms with E-state index in [2.05, 4.69) is 26.0 Å². The summed E-state index contributed by atoms with van der Waals surface area (Å²) in [7, 11) is -5.03. The Morgan fingerprint density at radius 3 is 1.25 bits per heavy atom. The maximum Gasteiger partial charge on any atom is 1.00 e. The van der Waals surface area contributed by atoms with Crippen LogP contribution in [0.3, 0.4) is 0 Å². The summed E-state index contributed by atoms with van der Waals surface area (Å²) in [5, 5.41) is 0. The summed E-state index contributed by atoms with van der Waals surface area (Å²) in [6.07, 6.45) is 42.3. The van der Waals surface area contributed by atoms with Crippen LogP contribution in [0.1, 0.15) is 214 Å². The largest absolute Gasteiger partial charge is 1.00 e. The zero-order valence-electron chi connectivity index (χ0n) is 34.0. The number of rotatable bonds is 35. The van der Waals surface area contributed by atoms with E-state index in [1.165, 1.54) is 153 Å². The van der Waals surface area contributed by atoms with Gasteiger partial charge >= 0.3 is 41.5 Å². The molecule has 0 spiro atoms. The number of carbonyl (C=O) groups excluding carboxylic acids is 2. The van der Waals surface area contributed by atoms with Crippen LogP contribution in [0.5, 0.6) is 0 Å². The van der Waals surface area contributed by atoms with E-state index in [1.807, 2.05) is 12.2 Å². The first-order valence-corrected chi connectivity index (χ1v) is 22.5. The molecular weight excluding hydrogens is 696 g/mol. The van der Waals surface area contributed by atoms with Gasteiger partial charge in [0.1, 0.15) is 10.1 Å². The van der Waals surface area contributed by atoms with Crippen molar-refractivity contribution in [3.63, 3.8) is 0 Å². The number of hydrogen-bond donors (Lipinski definition) is 0. The molecule has 0 aromatic heterocycles. The molecule has 0 aliphatic heterocycles. The fourth-order valence-corrected chi connectivity index (χ4v) is 7.08. The standard InChI is InChI=1S/C44H74O7S.Na/c1-3-5-7-9-11-13-15-17-19-21-23-25-27-29-31-33-38-50-43(45)40-36-35-37-41(52(47,48)49)42(40)44(46)51-39-34-32-30-28-26-24-22-20-18-16-14-12-10-8-6-4-2;/h29-32,35-37H,3-28,33-34,38-39H2,1-2H3,(H,47,48,49);/q;+1/p-1/b31-29+,32-30+;. The van der Waals surface area contributed by atoms with Crippen LogP contribution < -0.4 is 29.6 Å². The Kier molecular flexibility index (Phi) is 35.2. The fraction of sp³-hybridized carbons (Fsp3) is 0.727. The molecule has 53 heavy (non-hydrogen) atoms. The van der Waals surface area contributed by atoms with E-state index < -0.39 is 32.5 Å². The van der Waals surface area contributed by atoms with Gasteiger partial charge in [-0.25, -0.2) is 18.0 Å². The van der Waals surface area contributed by atoms with Crippen LogP contribution in [0, 0.1) is 0 Å². The molecule has 0 bridgehead atoms. The Labute approximate surface area is 347 Å². The van der Waals surface area contributed by atoms with Crippen LogP contribution in [0.25, 0.3) is 0 Å². The first kappa shape index (κ1) is 51.5. The predicted molar refractivity (Wildman–Crippen MR) is 214 cm³/mol. The van der Waals surface area contributed by atoms with Crippen LogP contribution in [-0.4, -0.2) is 38.1 Å². The van der Waals surface area contributed by atoms with Gasteiger partial charge in [-0.05, 0) is 50.7 Å². The Balaban J connectivity index is 0.0000270. The molecule has 0 saturated carbocycles. The van der Waals surface area contributed by atoms with Gasteiger partial charge in [0.15, 0.2) is 0 Å². The Hall–Kier alpha value is -1.45. The molecule has 1 aromatic rings. The minimum Gasteiger partial charge on any atom is -0.744 e. The summed E-state index contributed by atoms with van der Waals surface area (Å²) >= 11 is 0. The van der Waals surface area contributed by atoms with Gasteiger partial charge < -0.3 is 14.0 Å². The molecule has 0 atom stereocenters. The van der Waals surface area contributed by atoms with Crippen molar-refractivity contribution in [2.45, 2.75) is 199 Å². The summed E-state index contributed by atoms with van der Waals surface area (Å²) in [4.78, 5) is 25.1. The van der Waals surface area contributed by atoms with Gasteiger partial charge in [0.2, 0.25) is 0 Å². The Bertz CT molecular complexity index is 1210. The summed E-state index contributed by atoms with van der Waals surface area (Å²) in [6, 6.07) is 3.55. The van der Waals surface area contributed by atoms with Gasteiger partial charge in [-0.2, -0.15) is 0 Å². The molecule has 298 valence electrons. The molecule has 0 heterocycles. The molecule has 1 rings (SSSR count). The first-order chi connectivity index (χ1) is 25.3. The Morgan fingerprint density at radius 1 is 0.528 bits per heavy atom. The third-order valence-electron chi connectivity index (χ3n) is 9.54. The summed E-state index contributed by atoms with van der Waals surface area (Å²) in [5.41, 5.74) is -0.851. The van der Waals surface area contributed by atoms with Gasteiger partial charge in [0.25, 0.3) is 0 Å². The quantitative estimate of drug-likeness (QED) is 0.0222. The number of carbonyl (C=O) groups is 2. The summed E-state index contributed by atoms with van der Waals surface area (Å²) in [6.45, 7) is 4.57. The molecule has 0 N–H and O–H groups in total. The normalized spacial score (nSPS) is 11.7. The monoisotopic (exact) mass is 768 g/mol. The van der Waals surface area contributed by atoms with Crippen LogP contribution in [0.4, 0.5) is 0 Å². The molecule has 0 unspecified atom stereocenters. The number of hydrogen-bond acceptors (Lipinski definition) is 7. The SMILES string of the molecule is CCCCCCCCCCCCCC/C=C/CCOC(=O)c1cccc(S(=O)(=O)[O-])c1C(=O)OCC/C=C/CCCCCCCCCCCCCC.[Na+]. The molecule has 0 aliphatic carbocycles. The average Bonchev–Trinajstić information content (AvgIpc) is 3.13. The van der Waals surface area contributed by atoms with Gasteiger partial charge in [-0.15, -0.1) is 0 Å². The third kappa shape index (κ3) is 28.6. The van der Waals surface area contributed by atoms with Crippen molar-refractivity contribution in [1.29, 1.82) is 0 Å². The predicted octanol–water partition coefficient (Wildman–Crippen LogP) is 9.98. The maximum atomic E-state index is 13.0. The topological polar surface area (TPSA) is 110 Å². The number of ether oxygens (including phenoxy) is 2. The average molecular weight is 769 g/mol. The molecular formula is C44H73NaO7S. The zero-order chi connectivity index (χ0) is 38.0. The molecule has 0 amide bonds. The first-order valence-electron chi connectivity index (χ1n) is 21.1. The second-order valence-corrected chi connectivity index (χ2v) is 15.6. The second kappa shape index (κ2) is 36.2. The van der Waals surface area contributed by atoms with Crippen molar-refractivity contribution in [3.05, 3.63) is 53.6 Å². The number of benzene rings is 1. The summed E-state index contributed by atoms with van der Waals surface area (Å²) < 4.78 is 46.5. The zero-order valence-corrected chi connectivity index (χ0v) is 36.8. The fourth-order valence-electron chi connectivity index (χ4n) is 6.39. The van der Waals surface area contributed by atoms with Crippen LogP contribution >= 0.6 is 0 Å². The molecule has 0 saturated heterocycles. The van der Waals surface area contributed by atoms with Crippen molar-refractivity contribution in [3.8, 4) is 0 Å². The second-order valence-electron chi connectivity index (χ2n) is 14.3. The molecule has 0 radical (unpaired) electrons. The van der Waals surface area contributed by atoms with Crippen molar-refractivity contribution < 1.29 is 61.6 Å². The van der Waals surface area contributed by atoms with Crippen LogP contribution in [0.2, 0.25) is 0 Å². The smallest absolute Gasteiger partial charge is 0.744 e. The molecule has 9 heteroatoms. The number of unbranched alkanes of at least 4 members (excludes halogenated alkanes) is 24. The van der Waals surface area contributed by atoms with Gasteiger partial charge in [0, 0.05) is 0 Å². The maximum absolute atomic E-state index is 13.0. The molecule has 0 fully saturated rings. The van der Waals surface area contributed by atoms with Gasteiger partial charge in [-0.1, -0.05) is 185 Å². The molecule has 7 nitrogen and oxygen atoms in total. The van der Waals surface area contributed by atoms with Crippen molar-refractivity contribution in [1.82, 2.24) is 0 Å². The van der Waals surface area contributed by atoms with Crippen molar-refractivity contribution >= 4 is 22.1 Å². The number of allylic oxidation sites excluding steroid dienone is 2. The van der Waals surface area contributed by atoms with Crippen LogP contribution in [0.15, 0.2) is 47.4 Å². The summed E-state index contributed by atoms with van der Waals surface area (Å²) in [5.74, 6) is -1.90. The van der Waals surface area contributed by atoms with E-state index in [0.29, 0.717) is 12.8 Å². The van der Waals surface area contributed by atoms with Crippen molar-refractivity contribution in [2.75, 3.05) is 13.2 Å². The van der Waals surface area contributed by atoms with Crippen LogP contribution in [-0.2, 0) is 19.6 Å². The van der Waals surface area contributed by atoms with E-state index in [4.69, 9.17) is 9.47 Å². The van der Waals surface area contributed by atoms with E-state index in [0.717, 1.165) is 31.7 Å². The van der Waals surface area contributed by atoms with Crippen molar-refractivity contribution in [2.24, 2.45) is 0 Å². The minimum absolute atomic E-state index is 0. The molecule has 1 aromatic carbocycles. The minimum atomic E-state index is -5.03. The van der Waals surface area contributed by atoms with E-state index >= 15 is 0 Å². The van der Waals surface area contributed by atoms with Gasteiger partial charge in [-0.3, -0.25) is 0 Å². The number of esters is 2. The van der Waals surface area contributed by atoms with E-state index in [-0.39, 0.29) is 48.3 Å².